The van der Waals surface area contributed by atoms with Crippen molar-refractivity contribution in [1.29, 1.82) is 0 Å². The van der Waals surface area contributed by atoms with Crippen molar-refractivity contribution in [1.82, 2.24) is 4.90 Å². The molecule has 1 aromatic carbocycles. The van der Waals surface area contributed by atoms with E-state index < -0.39 is 0 Å². The molecule has 104 valence electrons. The maximum atomic E-state index is 12.4. The fourth-order valence-corrected chi connectivity index (χ4v) is 2.43. The Morgan fingerprint density at radius 2 is 2.37 bits per heavy atom. The van der Waals surface area contributed by atoms with Crippen LogP contribution in [0.1, 0.15) is 30.6 Å². The molecule has 1 N–H and O–H groups in total. The van der Waals surface area contributed by atoms with Gasteiger partial charge in [-0.3, -0.25) is 4.79 Å². The Hall–Kier alpha value is -1.55. The number of likely N-dealkylation sites (tertiary alicyclic amines) is 1. The van der Waals surface area contributed by atoms with Crippen LogP contribution in [0.25, 0.3) is 0 Å². The van der Waals surface area contributed by atoms with Crippen molar-refractivity contribution in [3.05, 3.63) is 29.8 Å². The molecule has 1 aliphatic rings. The van der Waals surface area contributed by atoms with Gasteiger partial charge in [-0.1, -0.05) is 6.07 Å². The lowest BCUT2D eigenvalue weighted by Crippen LogP contribution is -2.30. The lowest BCUT2D eigenvalue weighted by molar-refractivity contribution is 0.0762. The zero-order chi connectivity index (χ0) is 13.8. The summed E-state index contributed by atoms with van der Waals surface area (Å²) >= 11 is 0. The van der Waals surface area contributed by atoms with Crippen LogP contribution in [0.3, 0.4) is 0 Å². The van der Waals surface area contributed by atoms with Crippen molar-refractivity contribution >= 4 is 5.91 Å². The van der Waals surface area contributed by atoms with Gasteiger partial charge in [0, 0.05) is 24.6 Å². The molecule has 4 heteroatoms. The van der Waals surface area contributed by atoms with Crippen molar-refractivity contribution < 1.29 is 14.6 Å². The molecule has 4 nitrogen and oxygen atoms in total. The summed E-state index contributed by atoms with van der Waals surface area (Å²) in [5.41, 5.74) is 0.650. The monoisotopic (exact) mass is 263 g/mol. The van der Waals surface area contributed by atoms with Gasteiger partial charge in [-0.25, -0.2) is 0 Å². The summed E-state index contributed by atoms with van der Waals surface area (Å²) in [4.78, 5) is 14.2. The van der Waals surface area contributed by atoms with Gasteiger partial charge in [0.05, 0.1) is 12.7 Å². The molecule has 19 heavy (non-hydrogen) atoms. The summed E-state index contributed by atoms with van der Waals surface area (Å²) < 4.78 is 5.41. The van der Waals surface area contributed by atoms with E-state index in [-0.39, 0.29) is 17.9 Å². The largest absolute Gasteiger partial charge is 0.494 e. The second kappa shape index (κ2) is 6.06. The molecule has 1 saturated heterocycles. The molecule has 0 aliphatic carbocycles. The number of hydrogen-bond acceptors (Lipinski definition) is 3. The Morgan fingerprint density at radius 1 is 1.58 bits per heavy atom. The lowest BCUT2D eigenvalue weighted by atomic mass is 10.0. The number of carbonyl (C=O) groups is 1. The molecule has 0 aromatic heterocycles. The number of ether oxygens (including phenoxy) is 1. The van der Waals surface area contributed by atoms with E-state index in [4.69, 9.17) is 4.74 Å². The number of rotatable bonds is 4. The Labute approximate surface area is 114 Å². The van der Waals surface area contributed by atoms with Crippen molar-refractivity contribution in [2.24, 2.45) is 5.92 Å². The summed E-state index contributed by atoms with van der Waals surface area (Å²) in [6.45, 7) is 5.64. The smallest absolute Gasteiger partial charge is 0.253 e. The predicted molar refractivity (Wildman–Crippen MR) is 73.3 cm³/mol. The highest BCUT2D eigenvalue weighted by molar-refractivity contribution is 5.94. The minimum atomic E-state index is -0.354. The average molecular weight is 263 g/mol. The van der Waals surface area contributed by atoms with Crippen LogP contribution in [-0.2, 0) is 0 Å². The molecule has 2 rings (SSSR count). The van der Waals surface area contributed by atoms with E-state index in [9.17, 15) is 9.90 Å². The molecule has 0 saturated carbocycles. The zero-order valence-electron chi connectivity index (χ0n) is 11.5. The minimum Gasteiger partial charge on any atom is -0.494 e. The van der Waals surface area contributed by atoms with Crippen LogP contribution in [0.2, 0.25) is 0 Å². The van der Waals surface area contributed by atoms with Gasteiger partial charge in [-0.05, 0) is 38.5 Å². The van der Waals surface area contributed by atoms with Crippen LogP contribution in [-0.4, -0.2) is 41.7 Å². The number of aliphatic hydroxyl groups excluding tert-OH is 1. The van der Waals surface area contributed by atoms with E-state index in [0.29, 0.717) is 25.3 Å². The Kier molecular flexibility index (Phi) is 4.43. The van der Waals surface area contributed by atoms with Gasteiger partial charge < -0.3 is 14.7 Å². The van der Waals surface area contributed by atoms with Gasteiger partial charge in [0.15, 0.2) is 0 Å². The van der Waals surface area contributed by atoms with Crippen molar-refractivity contribution in [3.8, 4) is 5.75 Å². The molecule has 2 atom stereocenters. The maximum absolute atomic E-state index is 12.4. The average Bonchev–Trinajstić information content (AvgIpc) is 2.88. The Morgan fingerprint density at radius 3 is 3.00 bits per heavy atom. The van der Waals surface area contributed by atoms with Gasteiger partial charge >= 0.3 is 0 Å². The molecule has 0 spiro atoms. The Balaban J connectivity index is 2.06. The van der Waals surface area contributed by atoms with Crippen LogP contribution in [0.5, 0.6) is 5.75 Å². The minimum absolute atomic E-state index is 0.0182. The number of amides is 1. The zero-order valence-corrected chi connectivity index (χ0v) is 11.5. The summed E-state index contributed by atoms with van der Waals surface area (Å²) in [5, 5.41) is 9.58. The maximum Gasteiger partial charge on any atom is 0.253 e. The highest BCUT2D eigenvalue weighted by atomic mass is 16.5. The normalized spacial score (nSPS) is 20.4. The standard InChI is InChI=1S/C15H21NO3/c1-3-19-14-6-4-5-12(9-14)15(18)16-8-7-13(10-16)11(2)17/h4-6,9,11,13,17H,3,7-8,10H2,1-2H3. The van der Waals surface area contributed by atoms with Crippen LogP contribution >= 0.6 is 0 Å². The highest BCUT2D eigenvalue weighted by Crippen LogP contribution is 2.22. The third kappa shape index (κ3) is 3.26. The number of benzene rings is 1. The Bertz CT molecular complexity index is 445. The van der Waals surface area contributed by atoms with E-state index in [2.05, 4.69) is 0 Å². The van der Waals surface area contributed by atoms with E-state index in [1.54, 1.807) is 19.1 Å². The fraction of sp³-hybridized carbons (Fsp3) is 0.533. The van der Waals surface area contributed by atoms with Crippen molar-refractivity contribution in [2.75, 3.05) is 19.7 Å². The number of nitrogens with zero attached hydrogens (tertiary/aromatic N) is 1. The van der Waals surface area contributed by atoms with Crippen LogP contribution in [0.15, 0.2) is 24.3 Å². The quantitative estimate of drug-likeness (QED) is 0.903. The van der Waals surface area contributed by atoms with E-state index in [1.807, 2.05) is 24.0 Å². The van der Waals surface area contributed by atoms with Gasteiger partial charge in [0.1, 0.15) is 5.75 Å². The predicted octanol–water partition coefficient (Wildman–Crippen LogP) is 1.93. The van der Waals surface area contributed by atoms with Gasteiger partial charge in [0.2, 0.25) is 0 Å². The van der Waals surface area contributed by atoms with Gasteiger partial charge in [-0.2, -0.15) is 0 Å². The lowest BCUT2D eigenvalue weighted by Gasteiger charge is -2.18. The molecular formula is C15H21NO3. The molecule has 0 radical (unpaired) electrons. The van der Waals surface area contributed by atoms with Gasteiger partial charge in [0.25, 0.3) is 5.91 Å². The second-order valence-corrected chi connectivity index (χ2v) is 5.00. The molecular weight excluding hydrogens is 242 g/mol. The molecule has 1 fully saturated rings. The van der Waals surface area contributed by atoms with Gasteiger partial charge in [-0.15, -0.1) is 0 Å². The first-order valence-corrected chi connectivity index (χ1v) is 6.82. The first kappa shape index (κ1) is 13.9. The van der Waals surface area contributed by atoms with E-state index in [0.717, 1.165) is 12.2 Å². The summed E-state index contributed by atoms with van der Waals surface area (Å²) in [7, 11) is 0. The number of hydrogen-bond donors (Lipinski definition) is 1. The second-order valence-electron chi connectivity index (χ2n) is 5.00. The number of carbonyl (C=O) groups excluding carboxylic acids is 1. The molecule has 0 bridgehead atoms. The third-order valence-electron chi connectivity index (χ3n) is 3.59. The van der Waals surface area contributed by atoms with Crippen LogP contribution < -0.4 is 4.74 Å². The highest BCUT2D eigenvalue weighted by Gasteiger charge is 2.29. The van der Waals surface area contributed by atoms with Crippen LogP contribution in [0.4, 0.5) is 0 Å². The molecule has 1 amide bonds. The van der Waals surface area contributed by atoms with Crippen molar-refractivity contribution in [3.63, 3.8) is 0 Å². The molecule has 1 aromatic rings. The summed E-state index contributed by atoms with van der Waals surface area (Å²) in [6.07, 6.45) is 0.515. The third-order valence-corrected chi connectivity index (χ3v) is 3.59. The fourth-order valence-electron chi connectivity index (χ4n) is 2.43. The van der Waals surface area contributed by atoms with Crippen LogP contribution in [0, 0.1) is 5.92 Å². The molecule has 1 aliphatic heterocycles. The van der Waals surface area contributed by atoms with E-state index >= 15 is 0 Å². The molecule has 1 heterocycles. The topological polar surface area (TPSA) is 49.8 Å². The first-order valence-electron chi connectivity index (χ1n) is 6.82. The number of aliphatic hydroxyl groups is 1. The van der Waals surface area contributed by atoms with Crippen molar-refractivity contribution in [2.45, 2.75) is 26.4 Å². The summed E-state index contributed by atoms with van der Waals surface area (Å²) in [5.74, 6) is 0.934. The first-order chi connectivity index (χ1) is 9.11. The van der Waals surface area contributed by atoms with E-state index in [1.165, 1.54) is 0 Å². The summed E-state index contributed by atoms with van der Waals surface area (Å²) in [6, 6.07) is 7.27. The molecule has 2 unspecified atom stereocenters. The SMILES string of the molecule is CCOc1cccc(C(=O)N2CCC(C(C)O)C2)c1.